The zero-order valence-corrected chi connectivity index (χ0v) is 12.4. The molecule has 2 heterocycles. The van der Waals surface area contributed by atoms with Crippen molar-refractivity contribution >= 4 is 27.9 Å². The Kier molecular flexibility index (Phi) is 4.45. The molecule has 2 aromatic heterocycles. The van der Waals surface area contributed by atoms with Gasteiger partial charge >= 0.3 is 0 Å². The number of carbonyl (C=O) groups excluding carboxylic acids is 1. The van der Waals surface area contributed by atoms with Gasteiger partial charge in [-0.15, -0.1) is 11.3 Å². The molecular weight excluding hydrogens is 288 g/mol. The number of nitrogens with zero attached hydrogens (tertiary/aromatic N) is 2. The van der Waals surface area contributed by atoms with Crippen LogP contribution in [0.1, 0.15) is 32.9 Å². The molecule has 8 heteroatoms. The Morgan fingerprint density at radius 1 is 1.62 bits per heavy atom. The maximum Gasteiger partial charge on any atom is 0.261 e. The first-order valence-corrected chi connectivity index (χ1v) is 7.21. The second-order valence-corrected chi connectivity index (χ2v) is 5.60. The van der Waals surface area contributed by atoms with Crippen molar-refractivity contribution in [3.8, 4) is 6.07 Å². The molecule has 1 amide bonds. The van der Waals surface area contributed by atoms with Crippen LogP contribution in [-0.2, 0) is 6.42 Å². The molecule has 0 saturated carbocycles. The van der Waals surface area contributed by atoms with Crippen LogP contribution in [0, 0.1) is 18.3 Å². The molecule has 0 aliphatic rings. The lowest BCUT2D eigenvalue weighted by Gasteiger charge is -2.04. The second kappa shape index (κ2) is 6.28. The number of aryl methyl sites for hydroxylation is 2. The van der Waals surface area contributed by atoms with Gasteiger partial charge in [-0.1, -0.05) is 0 Å². The number of hydrogen-bond donors (Lipinski definition) is 4. The van der Waals surface area contributed by atoms with Crippen LogP contribution in [0.15, 0.2) is 6.20 Å². The number of primary amides is 1. The topological polar surface area (TPSA) is 134 Å². The lowest BCUT2D eigenvalue weighted by molar-refractivity contribution is 0.100. The molecule has 6 N–H and O–H groups in total. The lowest BCUT2D eigenvalue weighted by Crippen LogP contribution is -2.10. The Morgan fingerprint density at radius 3 is 2.95 bits per heavy atom. The van der Waals surface area contributed by atoms with E-state index >= 15 is 0 Å². The first-order valence-electron chi connectivity index (χ1n) is 6.39. The smallest absolute Gasteiger partial charge is 0.261 e. The predicted molar refractivity (Wildman–Crippen MR) is 82.1 cm³/mol. The summed E-state index contributed by atoms with van der Waals surface area (Å²) in [5, 5.41) is 19.7. The average Bonchev–Trinajstić information content (AvgIpc) is 2.98. The molecule has 0 atom stereocenters. The van der Waals surface area contributed by atoms with E-state index in [2.05, 4.69) is 15.5 Å². The summed E-state index contributed by atoms with van der Waals surface area (Å²) < 4.78 is 0. The summed E-state index contributed by atoms with van der Waals surface area (Å²) >= 11 is 1.12. The SMILES string of the molecule is Cc1[nH]ncc1CCCNc1sc(C(N)=O)c(N)c1C#N. The molecule has 0 spiro atoms. The van der Waals surface area contributed by atoms with E-state index in [1.54, 1.807) is 0 Å². The van der Waals surface area contributed by atoms with Gasteiger partial charge in [0, 0.05) is 12.2 Å². The van der Waals surface area contributed by atoms with Gasteiger partial charge in [-0.2, -0.15) is 10.4 Å². The molecule has 0 saturated heterocycles. The summed E-state index contributed by atoms with van der Waals surface area (Å²) in [6.45, 7) is 2.64. The van der Waals surface area contributed by atoms with Gasteiger partial charge in [0.1, 0.15) is 21.5 Å². The molecule has 2 rings (SSSR count). The highest BCUT2D eigenvalue weighted by molar-refractivity contribution is 7.18. The van der Waals surface area contributed by atoms with E-state index < -0.39 is 5.91 Å². The minimum Gasteiger partial charge on any atom is -0.396 e. The number of thiophene rings is 1. The summed E-state index contributed by atoms with van der Waals surface area (Å²) in [6, 6.07) is 2.00. The highest BCUT2D eigenvalue weighted by Crippen LogP contribution is 2.34. The van der Waals surface area contributed by atoms with Gasteiger partial charge in [-0.05, 0) is 25.3 Å². The third-order valence-electron chi connectivity index (χ3n) is 3.12. The van der Waals surface area contributed by atoms with E-state index in [0.29, 0.717) is 11.5 Å². The molecule has 7 nitrogen and oxygen atoms in total. The lowest BCUT2D eigenvalue weighted by atomic mass is 10.1. The van der Waals surface area contributed by atoms with Crippen molar-refractivity contribution in [2.75, 3.05) is 17.6 Å². The number of nitriles is 1. The molecule has 0 radical (unpaired) electrons. The number of aromatic amines is 1. The van der Waals surface area contributed by atoms with Gasteiger partial charge in [0.05, 0.1) is 11.9 Å². The summed E-state index contributed by atoms with van der Waals surface area (Å²) in [4.78, 5) is 11.5. The van der Waals surface area contributed by atoms with Crippen LogP contribution in [-0.4, -0.2) is 22.6 Å². The van der Waals surface area contributed by atoms with Crippen molar-refractivity contribution in [2.45, 2.75) is 19.8 Å². The van der Waals surface area contributed by atoms with Crippen molar-refractivity contribution in [2.24, 2.45) is 5.73 Å². The molecule has 2 aromatic rings. The summed E-state index contributed by atoms with van der Waals surface area (Å²) in [5.74, 6) is -0.615. The quantitative estimate of drug-likeness (QED) is 0.598. The fourth-order valence-electron chi connectivity index (χ4n) is 1.97. The Hall–Kier alpha value is -2.53. The van der Waals surface area contributed by atoms with Crippen LogP contribution in [0.3, 0.4) is 0 Å². The molecule has 0 aliphatic heterocycles. The maximum atomic E-state index is 11.2. The number of nitrogens with one attached hydrogen (secondary N) is 2. The van der Waals surface area contributed by atoms with Gasteiger partial charge in [-0.3, -0.25) is 9.89 Å². The molecule has 0 fully saturated rings. The van der Waals surface area contributed by atoms with Gasteiger partial charge in [0.25, 0.3) is 5.91 Å². The number of nitrogens with two attached hydrogens (primary N) is 2. The Labute approximate surface area is 125 Å². The number of amides is 1. The number of H-pyrrole nitrogens is 1. The van der Waals surface area contributed by atoms with E-state index in [1.807, 2.05) is 19.2 Å². The summed E-state index contributed by atoms with van der Waals surface area (Å²) in [7, 11) is 0. The predicted octanol–water partition coefficient (Wildman–Crippen LogP) is 1.38. The molecule has 110 valence electrons. The highest BCUT2D eigenvalue weighted by Gasteiger charge is 2.18. The molecule has 21 heavy (non-hydrogen) atoms. The van der Waals surface area contributed by atoms with Crippen molar-refractivity contribution < 1.29 is 4.79 Å². The fourth-order valence-corrected chi connectivity index (χ4v) is 2.92. The van der Waals surface area contributed by atoms with Crippen molar-refractivity contribution in [1.29, 1.82) is 5.26 Å². The number of aromatic nitrogens is 2. The summed E-state index contributed by atoms with van der Waals surface area (Å²) in [6.07, 6.45) is 3.56. The Balaban J connectivity index is 1.97. The first kappa shape index (κ1) is 14.9. The third-order valence-corrected chi connectivity index (χ3v) is 4.30. The number of carbonyl (C=O) groups is 1. The van der Waals surface area contributed by atoms with Crippen LogP contribution in [0.5, 0.6) is 0 Å². The van der Waals surface area contributed by atoms with Crippen LogP contribution >= 0.6 is 11.3 Å². The number of hydrogen-bond acceptors (Lipinski definition) is 6. The van der Waals surface area contributed by atoms with E-state index in [9.17, 15) is 4.79 Å². The van der Waals surface area contributed by atoms with Crippen LogP contribution in [0.4, 0.5) is 10.7 Å². The normalized spacial score (nSPS) is 10.3. The zero-order valence-electron chi connectivity index (χ0n) is 11.6. The molecule has 0 unspecified atom stereocenters. The molecule has 0 aromatic carbocycles. The van der Waals surface area contributed by atoms with Crippen LogP contribution in [0.2, 0.25) is 0 Å². The minimum atomic E-state index is -0.615. The van der Waals surface area contributed by atoms with E-state index in [4.69, 9.17) is 16.7 Å². The fraction of sp³-hybridized carbons (Fsp3) is 0.308. The van der Waals surface area contributed by atoms with Crippen molar-refractivity contribution in [3.63, 3.8) is 0 Å². The molecule has 0 bridgehead atoms. The van der Waals surface area contributed by atoms with Crippen LogP contribution in [0.25, 0.3) is 0 Å². The minimum absolute atomic E-state index is 0.156. The molecular formula is C13H16N6OS. The van der Waals surface area contributed by atoms with E-state index in [0.717, 1.165) is 29.9 Å². The van der Waals surface area contributed by atoms with E-state index in [-0.39, 0.29) is 16.1 Å². The van der Waals surface area contributed by atoms with Gasteiger partial charge in [0.2, 0.25) is 0 Å². The average molecular weight is 304 g/mol. The summed E-state index contributed by atoms with van der Waals surface area (Å²) in [5.41, 5.74) is 13.7. The zero-order chi connectivity index (χ0) is 15.4. The van der Waals surface area contributed by atoms with Gasteiger partial charge in [0.15, 0.2) is 0 Å². The Bertz CT molecular complexity index is 696. The van der Waals surface area contributed by atoms with Crippen molar-refractivity contribution in [1.82, 2.24) is 10.2 Å². The largest absolute Gasteiger partial charge is 0.396 e. The van der Waals surface area contributed by atoms with Crippen molar-refractivity contribution in [3.05, 3.63) is 27.9 Å². The molecule has 0 aliphatic carbocycles. The van der Waals surface area contributed by atoms with Crippen LogP contribution < -0.4 is 16.8 Å². The first-order chi connectivity index (χ1) is 10.0. The number of anilines is 2. The second-order valence-electron chi connectivity index (χ2n) is 4.58. The third kappa shape index (κ3) is 3.14. The monoisotopic (exact) mass is 304 g/mol. The van der Waals surface area contributed by atoms with Gasteiger partial charge in [-0.25, -0.2) is 0 Å². The number of nitrogen functional groups attached to an aromatic ring is 1. The Morgan fingerprint density at radius 2 is 2.38 bits per heavy atom. The number of rotatable bonds is 6. The van der Waals surface area contributed by atoms with E-state index in [1.165, 1.54) is 5.56 Å². The van der Waals surface area contributed by atoms with Gasteiger partial charge < -0.3 is 16.8 Å². The standard InChI is InChI=1S/C13H16N6OS/c1-7-8(6-18-19-7)3-2-4-17-13-9(5-14)10(15)11(21-13)12(16)20/h6,17H,2-4,15H2,1H3,(H2,16,20)(H,18,19). The highest BCUT2D eigenvalue weighted by atomic mass is 32.1. The maximum absolute atomic E-state index is 11.2.